The van der Waals surface area contributed by atoms with Gasteiger partial charge in [0.15, 0.2) is 0 Å². The van der Waals surface area contributed by atoms with Gasteiger partial charge in [-0.2, -0.15) is 0 Å². The molecule has 0 heterocycles. The lowest BCUT2D eigenvalue weighted by molar-refractivity contribution is 0.0696. The molecule has 22 heavy (non-hydrogen) atoms. The van der Waals surface area contributed by atoms with Crippen LogP contribution in [0.25, 0.3) is 0 Å². The van der Waals surface area contributed by atoms with Crippen LogP contribution in [0.2, 0.25) is 0 Å². The van der Waals surface area contributed by atoms with Gasteiger partial charge in [0.1, 0.15) is 0 Å². The zero-order valence-corrected chi connectivity index (χ0v) is 14.4. The Morgan fingerprint density at radius 1 is 0.909 bits per heavy atom. The Morgan fingerprint density at radius 2 is 1.45 bits per heavy atom. The molecule has 0 bridgehead atoms. The molecule has 0 saturated heterocycles. The van der Waals surface area contributed by atoms with E-state index in [1.54, 1.807) is 6.07 Å². The van der Waals surface area contributed by atoms with Gasteiger partial charge in [-0.15, -0.1) is 0 Å². The molecule has 0 unspecified atom stereocenters. The summed E-state index contributed by atoms with van der Waals surface area (Å²) in [6.07, 6.45) is 14.3. The van der Waals surface area contributed by atoms with Gasteiger partial charge in [-0.05, 0) is 43.0 Å². The second kappa shape index (κ2) is 11.3. The minimum Gasteiger partial charge on any atom is -0.478 e. The molecule has 0 aliphatic rings. The second-order valence-electron chi connectivity index (χ2n) is 6.38. The van der Waals surface area contributed by atoms with Crippen LogP contribution in [0.5, 0.6) is 0 Å². The highest BCUT2D eigenvalue weighted by molar-refractivity contribution is 5.87. The molecule has 1 aromatic rings. The fourth-order valence-corrected chi connectivity index (χ4v) is 2.88. The first-order valence-corrected chi connectivity index (χ1v) is 8.98. The fourth-order valence-electron chi connectivity index (χ4n) is 2.88. The molecule has 0 saturated carbocycles. The van der Waals surface area contributed by atoms with Gasteiger partial charge >= 0.3 is 5.97 Å². The SMILES string of the molecule is CCCCCCCCCCCCc1cc(C(=O)O)ccc1C. The van der Waals surface area contributed by atoms with E-state index in [1.807, 2.05) is 12.1 Å². The first-order valence-electron chi connectivity index (χ1n) is 8.98. The van der Waals surface area contributed by atoms with E-state index in [2.05, 4.69) is 13.8 Å². The molecule has 0 radical (unpaired) electrons. The number of carboxylic acids is 1. The molecule has 0 aliphatic carbocycles. The number of carboxylic acid groups (broad SMARTS) is 1. The van der Waals surface area contributed by atoms with Gasteiger partial charge in [-0.25, -0.2) is 4.79 Å². The average Bonchev–Trinajstić information content (AvgIpc) is 2.50. The van der Waals surface area contributed by atoms with Crippen LogP contribution in [-0.4, -0.2) is 11.1 Å². The standard InChI is InChI=1S/C20H32O2/c1-3-4-5-6-7-8-9-10-11-12-13-18-16-19(20(21)22)15-14-17(18)2/h14-16H,3-13H2,1-2H3,(H,21,22). The second-order valence-corrected chi connectivity index (χ2v) is 6.38. The molecule has 0 spiro atoms. The molecule has 1 rings (SSSR count). The monoisotopic (exact) mass is 304 g/mol. The van der Waals surface area contributed by atoms with Crippen LogP contribution in [0.3, 0.4) is 0 Å². The van der Waals surface area contributed by atoms with E-state index in [1.165, 1.54) is 75.3 Å². The van der Waals surface area contributed by atoms with Crippen LogP contribution in [0.4, 0.5) is 0 Å². The number of carbonyl (C=O) groups is 1. The molecular weight excluding hydrogens is 272 g/mol. The van der Waals surface area contributed by atoms with E-state index in [9.17, 15) is 4.79 Å². The Balaban J connectivity index is 2.12. The summed E-state index contributed by atoms with van der Waals surface area (Å²) >= 11 is 0. The van der Waals surface area contributed by atoms with Crippen molar-refractivity contribution in [2.45, 2.75) is 84.5 Å². The summed E-state index contributed by atoms with van der Waals surface area (Å²) in [6, 6.07) is 5.46. The first-order chi connectivity index (χ1) is 10.6. The van der Waals surface area contributed by atoms with E-state index in [0.717, 1.165) is 6.42 Å². The van der Waals surface area contributed by atoms with Crippen LogP contribution in [-0.2, 0) is 6.42 Å². The molecule has 0 fully saturated rings. The minimum atomic E-state index is -0.829. The molecule has 0 atom stereocenters. The molecule has 2 nitrogen and oxygen atoms in total. The summed E-state index contributed by atoms with van der Waals surface area (Å²) < 4.78 is 0. The largest absolute Gasteiger partial charge is 0.478 e. The summed E-state index contributed by atoms with van der Waals surface area (Å²) in [7, 11) is 0. The summed E-state index contributed by atoms with van der Waals surface area (Å²) in [5.74, 6) is -0.829. The summed E-state index contributed by atoms with van der Waals surface area (Å²) in [5.41, 5.74) is 2.81. The lowest BCUT2D eigenvalue weighted by atomic mass is 9.99. The maximum Gasteiger partial charge on any atom is 0.335 e. The van der Waals surface area contributed by atoms with E-state index in [-0.39, 0.29) is 0 Å². The number of aromatic carboxylic acids is 1. The molecule has 0 amide bonds. The summed E-state index contributed by atoms with van der Waals surface area (Å²) in [5, 5.41) is 9.05. The zero-order valence-electron chi connectivity index (χ0n) is 14.4. The van der Waals surface area contributed by atoms with Crippen molar-refractivity contribution in [1.29, 1.82) is 0 Å². The molecule has 124 valence electrons. The highest BCUT2D eigenvalue weighted by Crippen LogP contribution is 2.16. The molecule has 0 aromatic heterocycles. The maximum atomic E-state index is 11.0. The highest BCUT2D eigenvalue weighted by Gasteiger charge is 2.05. The Kier molecular flexibility index (Phi) is 9.61. The lowest BCUT2D eigenvalue weighted by Crippen LogP contribution is -1.99. The van der Waals surface area contributed by atoms with Crippen LogP contribution in [0, 0.1) is 6.92 Å². The molecular formula is C20H32O2. The molecule has 1 N–H and O–H groups in total. The Morgan fingerprint density at radius 3 is 2.00 bits per heavy atom. The number of hydrogen-bond acceptors (Lipinski definition) is 1. The Bertz CT molecular complexity index is 437. The van der Waals surface area contributed by atoms with Gasteiger partial charge in [0.2, 0.25) is 0 Å². The minimum absolute atomic E-state index is 0.410. The van der Waals surface area contributed by atoms with Gasteiger partial charge < -0.3 is 5.11 Å². The van der Waals surface area contributed by atoms with E-state index in [4.69, 9.17) is 5.11 Å². The predicted octanol–water partition coefficient (Wildman–Crippen LogP) is 6.16. The number of benzene rings is 1. The normalized spacial score (nSPS) is 10.8. The van der Waals surface area contributed by atoms with Crippen LogP contribution < -0.4 is 0 Å². The molecule has 0 aliphatic heterocycles. The maximum absolute atomic E-state index is 11.0. The lowest BCUT2D eigenvalue weighted by Gasteiger charge is -2.07. The molecule has 1 aromatic carbocycles. The fraction of sp³-hybridized carbons (Fsp3) is 0.650. The Hall–Kier alpha value is -1.31. The average molecular weight is 304 g/mol. The topological polar surface area (TPSA) is 37.3 Å². The first kappa shape index (κ1) is 18.7. The van der Waals surface area contributed by atoms with Gasteiger partial charge in [0.05, 0.1) is 5.56 Å². The summed E-state index contributed by atoms with van der Waals surface area (Å²) in [4.78, 5) is 11.0. The number of hydrogen-bond donors (Lipinski definition) is 1. The van der Waals surface area contributed by atoms with Gasteiger partial charge in [0, 0.05) is 0 Å². The third kappa shape index (κ3) is 7.63. The third-order valence-electron chi connectivity index (χ3n) is 4.40. The quantitative estimate of drug-likeness (QED) is 0.470. The van der Waals surface area contributed by atoms with Crippen LogP contribution in [0.15, 0.2) is 18.2 Å². The van der Waals surface area contributed by atoms with Crippen molar-refractivity contribution in [3.8, 4) is 0 Å². The van der Waals surface area contributed by atoms with E-state index >= 15 is 0 Å². The highest BCUT2D eigenvalue weighted by atomic mass is 16.4. The number of unbranched alkanes of at least 4 members (excludes halogenated alkanes) is 9. The van der Waals surface area contributed by atoms with Crippen molar-refractivity contribution in [3.05, 3.63) is 34.9 Å². The van der Waals surface area contributed by atoms with Crippen molar-refractivity contribution in [1.82, 2.24) is 0 Å². The van der Waals surface area contributed by atoms with E-state index in [0.29, 0.717) is 5.56 Å². The zero-order chi connectivity index (χ0) is 16.2. The molecule has 2 heteroatoms. The van der Waals surface area contributed by atoms with Gasteiger partial charge in [0.25, 0.3) is 0 Å². The number of rotatable bonds is 12. The number of aryl methyl sites for hydroxylation is 2. The van der Waals surface area contributed by atoms with Gasteiger partial charge in [-0.1, -0.05) is 70.8 Å². The van der Waals surface area contributed by atoms with E-state index < -0.39 is 5.97 Å². The predicted molar refractivity (Wildman–Crippen MR) is 93.7 cm³/mol. The van der Waals surface area contributed by atoms with Crippen molar-refractivity contribution < 1.29 is 9.90 Å². The van der Waals surface area contributed by atoms with Gasteiger partial charge in [-0.3, -0.25) is 0 Å². The van der Waals surface area contributed by atoms with Crippen molar-refractivity contribution in [2.24, 2.45) is 0 Å². The van der Waals surface area contributed by atoms with Crippen molar-refractivity contribution in [3.63, 3.8) is 0 Å². The van der Waals surface area contributed by atoms with Crippen LogP contribution in [0.1, 0.15) is 92.6 Å². The van der Waals surface area contributed by atoms with Crippen molar-refractivity contribution in [2.75, 3.05) is 0 Å². The summed E-state index contributed by atoms with van der Waals surface area (Å²) in [6.45, 7) is 4.32. The Labute approximate surface area is 135 Å². The van der Waals surface area contributed by atoms with Crippen LogP contribution >= 0.6 is 0 Å². The third-order valence-corrected chi connectivity index (χ3v) is 4.40. The smallest absolute Gasteiger partial charge is 0.335 e. The van der Waals surface area contributed by atoms with Crippen molar-refractivity contribution >= 4 is 5.97 Å².